The van der Waals surface area contributed by atoms with Gasteiger partial charge < -0.3 is 15.7 Å². The Kier molecular flexibility index (Phi) is 3.66. The van der Waals surface area contributed by atoms with E-state index in [-0.39, 0.29) is 23.0 Å². The molecule has 3 N–H and O–H groups in total. The van der Waals surface area contributed by atoms with Crippen molar-refractivity contribution in [3.63, 3.8) is 0 Å². The molecule has 1 saturated heterocycles. The number of hydrogen-bond donors (Lipinski definition) is 2. The molecule has 0 saturated carbocycles. The number of carbonyl (C=O) groups is 1. The summed E-state index contributed by atoms with van der Waals surface area (Å²) in [7, 11) is 0. The van der Waals surface area contributed by atoms with Crippen LogP contribution in [0.5, 0.6) is 0 Å². The topological polar surface area (TPSA) is 110 Å². The second-order valence-corrected chi connectivity index (χ2v) is 4.56. The van der Waals surface area contributed by atoms with Crippen LogP contribution < -0.4 is 10.6 Å². The molecule has 0 unspecified atom stereocenters. The maximum absolute atomic E-state index is 11.2. The fraction of sp³-hybridized carbons (Fsp3) is 0.417. The van der Waals surface area contributed by atoms with Crippen LogP contribution in [0.2, 0.25) is 0 Å². The summed E-state index contributed by atoms with van der Waals surface area (Å²) < 4.78 is 0. The summed E-state index contributed by atoms with van der Waals surface area (Å²) in [6.07, 6.45) is 1.40. The van der Waals surface area contributed by atoms with Crippen molar-refractivity contribution in [2.45, 2.75) is 18.9 Å². The van der Waals surface area contributed by atoms with Gasteiger partial charge in [0.05, 0.1) is 10.5 Å². The highest BCUT2D eigenvalue weighted by molar-refractivity contribution is 5.97. The maximum Gasteiger partial charge on any atom is 0.338 e. The average Bonchev–Trinajstić information content (AvgIpc) is 2.38. The quantitative estimate of drug-likeness (QED) is 0.628. The maximum atomic E-state index is 11.2. The molecule has 0 aliphatic carbocycles. The largest absolute Gasteiger partial charge is 0.478 e. The van der Waals surface area contributed by atoms with Crippen molar-refractivity contribution < 1.29 is 14.8 Å². The van der Waals surface area contributed by atoms with Gasteiger partial charge in [0.15, 0.2) is 0 Å². The molecular formula is C12H15N3O4. The molecule has 0 spiro atoms. The SMILES string of the molecule is NC1CCN(c2c(C(=O)O)cccc2[N+](=O)[O-])CC1. The molecule has 0 radical (unpaired) electrons. The highest BCUT2D eigenvalue weighted by Gasteiger charge is 2.28. The molecule has 0 bridgehead atoms. The Hall–Kier alpha value is -2.15. The third-order valence-electron chi connectivity index (χ3n) is 3.30. The van der Waals surface area contributed by atoms with Crippen LogP contribution in [-0.4, -0.2) is 35.1 Å². The van der Waals surface area contributed by atoms with Gasteiger partial charge in [-0.05, 0) is 18.9 Å². The first kappa shape index (κ1) is 13.3. The summed E-state index contributed by atoms with van der Waals surface area (Å²) >= 11 is 0. The van der Waals surface area contributed by atoms with Gasteiger partial charge in [0.1, 0.15) is 5.69 Å². The zero-order chi connectivity index (χ0) is 14.0. The number of anilines is 1. The molecule has 0 atom stereocenters. The zero-order valence-electron chi connectivity index (χ0n) is 10.3. The number of nitro benzene ring substituents is 1. The predicted octanol–water partition coefficient (Wildman–Crippen LogP) is 1.22. The lowest BCUT2D eigenvalue weighted by Crippen LogP contribution is -2.40. The molecule has 0 aromatic heterocycles. The average molecular weight is 265 g/mol. The van der Waals surface area contributed by atoms with E-state index in [1.165, 1.54) is 18.2 Å². The minimum atomic E-state index is -1.16. The lowest BCUT2D eigenvalue weighted by atomic mass is 10.0. The van der Waals surface area contributed by atoms with Crippen LogP contribution >= 0.6 is 0 Å². The minimum Gasteiger partial charge on any atom is -0.478 e. The van der Waals surface area contributed by atoms with E-state index in [9.17, 15) is 20.0 Å². The minimum absolute atomic E-state index is 0.0373. The van der Waals surface area contributed by atoms with Crippen LogP contribution in [0.3, 0.4) is 0 Å². The Balaban J connectivity index is 2.46. The van der Waals surface area contributed by atoms with Gasteiger partial charge >= 0.3 is 5.97 Å². The van der Waals surface area contributed by atoms with Gasteiger partial charge in [-0.3, -0.25) is 10.1 Å². The van der Waals surface area contributed by atoms with E-state index in [0.717, 1.165) is 0 Å². The van der Waals surface area contributed by atoms with Crippen molar-refractivity contribution in [3.8, 4) is 0 Å². The van der Waals surface area contributed by atoms with Crippen LogP contribution in [0.4, 0.5) is 11.4 Å². The molecule has 1 fully saturated rings. The first-order chi connectivity index (χ1) is 9.00. The molecule has 1 aromatic carbocycles. The van der Waals surface area contributed by atoms with Crippen molar-refractivity contribution in [1.29, 1.82) is 0 Å². The van der Waals surface area contributed by atoms with Crippen LogP contribution in [0.25, 0.3) is 0 Å². The predicted molar refractivity (Wildman–Crippen MR) is 69.5 cm³/mol. The number of nitro groups is 1. The van der Waals surface area contributed by atoms with E-state index in [4.69, 9.17) is 5.73 Å². The van der Waals surface area contributed by atoms with Gasteiger partial charge in [-0.1, -0.05) is 6.07 Å². The van der Waals surface area contributed by atoms with Crippen molar-refractivity contribution in [3.05, 3.63) is 33.9 Å². The van der Waals surface area contributed by atoms with Crippen LogP contribution in [0.15, 0.2) is 18.2 Å². The molecule has 1 aliphatic rings. The molecule has 1 aromatic rings. The Morgan fingerprint density at radius 2 is 2.05 bits per heavy atom. The third-order valence-corrected chi connectivity index (χ3v) is 3.30. The Labute approximate surface area is 109 Å². The molecule has 19 heavy (non-hydrogen) atoms. The fourth-order valence-electron chi connectivity index (χ4n) is 2.31. The van der Waals surface area contributed by atoms with Crippen LogP contribution in [0.1, 0.15) is 23.2 Å². The summed E-state index contributed by atoms with van der Waals surface area (Å²) in [5.41, 5.74) is 5.77. The smallest absolute Gasteiger partial charge is 0.338 e. The molecule has 1 aliphatic heterocycles. The van der Waals surface area contributed by atoms with E-state index in [2.05, 4.69) is 0 Å². The molecule has 1 heterocycles. The second kappa shape index (κ2) is 5.23. The number of piperidine rings is 1. The summed E-state index contributed by atoms with van der Waals surface area (Å²) in [5, 5.41) is 20.2. The van der Waals surface area contributed by atoms with Crippen LogP contribution in [-0.2, 0) is 0 Å². The van der Waals surface area contributed by atoms with Crippen LogP contribution in [0, 0.1) is 10.1 Å². The molecular weight excluding hydrogens is 250 g/mol. The number of rotatable bonds is 3. The summed E-state index contributed by atoms with van der Waals surface area (Å²) in [6.45, 7) is 1.07. The standard InChI is InChI=1S/C12H15N3O4/c13-8-4-6-14(7-5-8)11-9(12(16)17)2-1-3-10(11)15(18)19/h1-3,8H,4-7,13H2,(H,16,17). The number of benzene rings is 1. The Bertz CT molecular complexity index is 477. The highest BCUT2D eigenvalue weighted by atomic mass is 16.6. The van der Waals surface area contributed by atoms with Crippen molar-refractivity contribution in [1.82, 2.24) is 0 Å². The fourth-order valence-corrected chi connectivity index (χ4v) is 2.31. The molecule has 7 heteroatoms. The van der Waals surface area contributed by atoms with Crippen molar-refractivity contribution in [2.24, 2.45) is 5.73 Å². The third kappa shape index (κ3) is 2.65. The summed E-state index contributed by atoms with van der Waals surface area (Å²) in [4.78, 5) is 23.5. The lowest BCUT2D eigenvalue weighted by Gasteiger charge is -2.32. The number of carboxylic acid groups (broad SMARTS) is 1. The number of aromatic carboxylic acids is 1. The second-order valence-electron chi connectivity index (χ2n) is 4.56. The van der Waals surface area contributed by atoms with Gasteiger partial charge in [0.25, 0.3) is 5.69 Å². The van der Waals surface area contributed by atoms with Gasteiger partial charge in [0, 0.05) is 25.2 Å². The van der Waals surface area contributed by atoms with Gasteiger partial charge in [-0.2, -0.15) is 0 Å². The Morgan fingerprint density at radius 3 is 2.58 bits per heavy atom. The number of carboxylic acids is 1. The van der Waals surface area contributed by atoms with E-state index in [0.29, 0.717) is 25.9 Å². The zero-order valence-corrected chi connectivity index (χ0v) is 10.3. The molecule has 102 valence electrons. The Morgan fingerprint density at radius 1 is 1.42 bits per heavy atom. The van der Waals surface area contributed by atoms with E-state index < -0.39 is 10.9 Å². The monoisotopic (exact) mass is 265 g/mol. The van der Waals surface area contributed by atoms with Crippen molar-refractivity contribution >= 4 is 17.3 Å². The summed E-state index contributed by atoms with van der Waals surface area (Å²) in [5.74, 6) is -1.16. The van der Waals surface area contributed by atoms with E-state index >= 15 is 0 Å². The lowest BCUT2D eigenvalue weighted by molar-refractivity contribution is -0.384. The van der Waals surface area contributed by atoms with Crippen molar-refractivity contribution in [2.75, 3.05) is 18.0 Å². The van der Waals surface area contributed by atoms with Gasteiger partial charge in [-0.25, -0.2) is 4.79 Å². The number of hydrogen-bond acceptors (Lipinski definition) is 5. The summed E-state index contributed by atoms with van der Waals surface area (Å²) in [6, 6.07) is 4.18. The van der Waals surface area contributed by atoms with Gasteiger partial charge in [-0.15, -0.1) is 0 Å². The first-order valence-corrected chi connectivity index (χ1v) is 6.02. The van der Waals surface area contributed by atoms with Gasteiger partial charge in [0.2, 0.25) is 0 Å². The number of para-hydroxylation sites is 1. The molecule has 0 amide bonds. The molecule has 7 nitrogen and oxygen atoms in total. The van der Waals surface area contributed by atoms with E-state index in [1.54, 1.807) is 4.90 Å². The normalized spacial score (nSPS) is 16.4. The first-order valence-electron chi connectivity index (χ1n) is 6.02. The molecule has 2 rings (SSSR count). The highest BCUT2D eigenvalue weighted by Crippen LogP contribution is 2.33. The van der Waals surface area contributed by atoms with E-state index in [1.807, 2.05) is 0 Å². The number of nitrogens with zero attached hydrogens (tertiary/aromatic N) is 2. The number of nitrogens with two attached hydrogens (primary N) is 1.